The van der Waals surface area contributed by atoms with Crippen LogP contribution in [0.4, 0.5) is 0 Å². The Morgan fingerprint density at radius 3 is 2.58 bits per heavy atom. The Kier molecular flexibility index (Phi) is 10.6. The van der Waals surface area contributed by atoms with Gasteiger partial charge in [0, 0.05) is 30.6 Å². The van der Waals surface area contributed by atoms with Gasteiger partial charge in [-0.1, -0.05) is 69.0 Å². The molecule has 1 aliphatic heterocycles. The Balaban J connectivity index is 1.65. The van der Waals surface area contributed by atoms with Crippen LogP contribution in [-0.4, -0.2) is 72.0 Å². The van der Waals surface area contributed by atoms with E-state index in [1.165, 1.54) is 0 Å². The van der Waals surface area contributed by atoms with Gasteiger partial charge in [0.1, 0.15) is 23.7 Å². The van der Waals surface area contributed by atoms with Crippen molar-refractivity contribution in [2.75, 3.05) is 26.8 Å². The second kappa shape index (κ2) is 14.3. The lowest BCUT2D eigenvalue weighted by Gasteiger charge is -2.41. The van der Waals surface area contributed by atoms with Crippen LogP contribution < -0.4 is 14.8 Å². The number of para-hydroxylation sites is 2. The van der Waals surface area contributed by atoms with Gasteiger partial charge in [0.15, 0.2) is 0 Å². The van der Waals surface area contributed by atoms with Gasteiger partial charge >= 0.3 is 0 Å². The molecule has 0 bridgehead atoms. The van der Waals surface area contributed by atoms with Crippen molar-refractivity contribution >= 4 is 11.8 Å². The standard InChI is InChI=1S/C32H42N2O6/c1-3-4-5-6-7-16-28(36)34(19-17-22-12-8-10-14-26(22)39-2)25-21-24(32(38)33-18-20-35)29-23-13-9-11-15-27(23)40-31(29)30(25)37/h8-15,21,25,29-31,35,37H,3-7,16-20H2,1-2H3,(H,33,38)/t25-,29+,30+,31+/m1/s1. The highest BCUT2D eigenvalue weighted by atomic mass is 16.5. The van der Waals surface area contributed by atoms with E-state index in [1.807, 2.05) is 48.5 Å². The van der Waals surface area contributed by atoms with Gasteiger partial charge in [-0.25, -0.2) is 0 Å². The van der Waals surface area contributed by atoms with Gasteiger partial charge in [0.25, 0.3) is 0 Å². The summed E-state index contributed by atoms with van der Waals surface area (Å²) in [5.74, 6) is 0.504. The molecule has 0 saturated heterocycles. The second-order valence-electron chi connectivity index (χ2n) is 10.5. The Labute approximate surface area is 237 Å². The van der Waals surface area contributed by atoms with Crippen molar-refractivity contribution in [1.82, 2.24) is 10.2 Å². The van der Waals surface area contributed by atoms with Crippen molar-refractivity contribution in [3.63, 3.8) is 0 Å². The van der Waals surface area contributed by atoms with Crippen molar-refractivity contribution in [3.8, 4) is 11.5 Å². The van der Waals surface area contributed by atoms with Crippen LogP contribution in [0.15, 0.2) is 60.2 Å². The number of methoxy groups -OCH3 is 1. The molecule has 0 unspecified atom stereocenters. The van der Waals surface area contributed by atoms with Gasteiger partial charge in [-0.3, -0.25) is 9.59 Å². The zero-order chi connectivity index (χ0) is 28.5. The predicted molar refractivity (Wildman–Crippen MR) is 153 cm³/mol. The largest absolute Gasteiger partial charge is 0.496 e. The van der Waals surface area contributed by atoms with Gasteiger partial charge in [0.2, 0.25) is 11.8 Å². The number of aliphatic hydroxyl groups is 2. The van der Waals surface area contributed by atoms with Crippen LogP contribution in [-0.2, 0) is 16.0 Å². The van der Waals surface area contributed by atoms with E-state index in [2.05, 4.69) is 12.2 Å². The molecule has 0 aromatic heterocycles. The summed E-state index contributed by atoms with van der Waals surface area (Å²) in [5.41, 5.74) is 2.23. The molecule has 2 amide bonds. The van der Waals surface area contributed by atoms with E-state index in [1.54, 1.807) is 18.1 Å². The molecule has 4 atom stereocenters. The van der Waals surface area contributed by atoms with Crippen molar-refractivity contribution in [2.24, 2.45) is 0 Å². The minimum atomic E-state index is -1.03. The fourth-order valence-corrected chi connectivity index (χ4v) is 5.80. The molecule has 2 aromatic carbocycles. The van der Waals surface area contributed by atoms with E-state index in [4.69, 9.17) is 9.47 Å². The molecule has 0 fully saturated rings. The number of nitrogens with one attached hydrogen (secondary N) is 1. The summed E-state index contributed by atoms with van der Waals surface area (Å²) in [7, 11) is 1.62. The molecule has 4 rings (SSSR count). The third kappa shape index (κ3) is 6.67. The van der Waals surface area contributed by atoms with Gasteiger partial charge in [0.05, 0.1) is 25.7 Å². The van der Waals surface area contributed by atoms with Gasteiger partial charge in [-0.05, 0) is 36.6 Å². The van der Waals surface area contributed by atoms with E-state index in [0.717, 1.165) is 49.0 Å². The highest BCUT2D eigenvalue weighted by molar-refractivity contribution is 5.96. The summed E-state index contributed by atoms with van der Waals surface area (Å²) >= 11 is 0. The molecule has 2 aromatic rings. The number of benzene rings is 2. The molecule has 216 valence electrons. The zero-order valence-corrected chi connectivity index (χ0v) is 23.6. The number of carbonyl (C=O) groups is 2. The fraction of sp³-hybridized carbons (Fsp3) is 0.500. The molecule has 2 aliphatic rings. The third-order valence-electron chi connectivity index (χ3n) is 7.87. The molecule has 1 aliphatic carbocycles. The van der Waals surface area contributed by atoms with Crippen molar-refractivity contribution in [3.05, 3.63) is 71.3 Å². The Bertz CT molecular complexity index is 1180. The number of fused-ring (bicyclic) bond motifs is 3. The number of hydrogen-bond donors (Lipinski definition) is 3. The highest BCUT2D eigenvalue weighted by Crippen LogP contribution is 2.47. The second-order valence-corrected chi connectivity index (χ2v) is 10.5. The van der Waals surface area contributed by atoms with E-state index < -0.39 is 24.2 Å². The van der Waals surface area contributed by atoms with E-state index in [9.17, 15) is 19.8 Å². The highest BCUT2D eigenvalue weighted by Gasteiger charge is 2.50. The lowest BCUT2D eigenvalue weighted by atomic mass is 9.77. The summed E-state index contributed by atoms with van der Waals surface area (Å²) in [6, 6.07) is 14.4. The molecule has 0 spiro atoms. The minimum Gasteiger partial charge on any atom is -0.496 e. The number of ether oxygens (including phenoxy) is 2. The average Bonchev–Trinajstić information content (AvgIpc) is 3.37. The molecule has 0 radical (unpaired) electrons. The summed E-state index contributed by atoms with van der Waals surface area (Å²) in [4.78, 5) is 28.8. The van der Waals surface area contributed by atoms with Crippen LogP contribution in [0.5, 0.6) is 11.5 Å². The van der Waals surface area contributed by atoms with E-state index in [-0.39, 0.29) is 25.0 Å². The number of rotatable bonds is 14. The van der Waals surface area contributed by atoms with Gasteiger partial charge in [-0.15, -0.1) is 0 Å². The zero-order valence-electron chi connectivity index (χ0n) is 23.6. The lowest BCUT2D eigenvalue weighted by molar-refractivity contribution is -0.137. The molecular weight excluding hydrogens is 508 g/mol. The van der Waals surface area contributed by atoms with Crippen LogP contribution in [0.25, 0.3) is 0 Å². The van der Waals surface area contributed by atoms with Gasteiger partial charge < -0.3 is 29.9 Å². The molecule has 3 N–H and O–H groups in total. The third-order valence-corrected chi connectivity index (χ3v) is 7.87. The minimum absolute atomic E-state index is 0.0595. The number of amides is 2. The number of nitrogens with zero attached hydrogens (tertiary/aromatic N) is 1. The topological polar surface area (TPSA) is 108 Å². The summed E-state index contributed by atoms with van der Waals surface area (Å²) in [6.45, 7) is 2.43. The number of aliphatic hydroxyl groups excluding tert-OH is 2. The quantitative estimate of drug-likeness (QED) is 0.309. The SMILES string of the molecule is CCCCCCCC(=O)N(CCc1ccccc1OC)[C@@H]1C=C(C(=O)NCCO)[C@@H]2c3ccccc3O[C@@H]2[C@H]1O. The number of carbonyl (C=O) groups excluding carboxylic acids is 2. The molecule has 8 heteroatoms. The van der Waals surface area contributed by atoms with Crippen LogP contribution in [0.3, 0.4) is 0 Å². The Hall–Kier alpha value is -3.36. The first kappa shape index (κ1) is 29.6. The maximum Gasteiger partial charge on any atom is 0.247 e. The van der Waals surface area contributed by atoms with Crippen molar-refractivity contribution in [1.29, 1.82) is 0 Å². The molecule has 8 nitrogen and oxygen atoms in total. The van der Waals surface area contributed by atoms with Crippen molar-refractivity contribution in [2.45, 2.75) is 76.0 Å². The molecule has 1 heterocycles. The maximum absolute atomic E-state index is 13.7. The summed E-state index contributed by atoms with van der Waals surface area (Å²) in [6.07, 6.45) is 5.99. The Morgan fingerprint density at radius 2 is 1.80 bits per heavy atom. The van der Waals surface area contributed by atoms with Crippen LogP contribution >= 0.6 is 0 Å². The fourth-order valence-electron chi connectivity index (χ4n) is 5.80. The van der Waals surface area contributed by atoms with Gasteiger partial charge in [-0.2, -0.15) is 0 Å². The van der Waals surface area contributed by atoms with Crippen LogP contribution in [0.2, 0.25) is 0 Å². The first-order valence-electron chi connectivity index (χ1n) is 14.5. The normalized spacial score (nSPS) is 21.1. The van der Waals surface area contributed by atoms with Crippen LogP contribution in [0, 0.1) is 0 Å². The number of unbranched alkanes of at least 4 members (excludes halogenated alkanes) is 4. The smallest absolute Gasteiger partial charge is 0.247 e. The molecular formula is C32H42N2O6. The monoisotopic (exact) mass is 550 g/mol. The Morgan fingerprint density at radius 1 is 1.05 bits per heavy atom. The maximum atomic E-state index is 13.7. The molecule has 40 heavy (non-hydrogen) atoms. The van der Waals surface area contributed by atoms with Crippen LogP contribution in [0.1, 0.15) is 62.5 Å². The first-order chi connectivity index (χ1) is 19.5. The lowest BCUT2D eigenvalue weighted by Crippen LogP contribution is -2.56. The average molecular weight is 551 g/mol. The molecule has 0 saturated carbocycles. The number of hydrogen-bond acceptors (Lipinski definition) is 6. The summed E-state index contributed by atoms with van der Waals surface area (Å²) < 4.78 is 11.7. The first-order valence-corrected chi connectivity index (χ1v) is 14.5. The van der Waals surface area contributed by atoms with E-state index >= 15 is 0 Å². The van der Waals surface area contributed by atoms with E-state index in [0.29, 0.717) is 30.7 Å². The van der Waals surface area contributed by atoms with Crippen molar-refractivity contribution < 1.29 is 29.3 Å². The summed E-state index contributed by atoms with van der Waals surface area (Å²) in [5, 5.41) is 23.8. The predicted octanol–water partition coefficient (Wildman–Crippen LogP) is 3.75.